The molecule has 0 spiro atoms. The molecule has 1 fully saturated rings. The topological polar surface area (TPSA) is 41.3 Å². The van der Waals surface area contributed by atoms with Crippen molar-refractivity contribution in [1.82, 2.24) is 10.2 Å². The number of nitrogens with zero attached hydrogens (tertiary/aromatic N) is 1. The zero-order valence-corrected chi connectivity index (χ0v) is 17.7. The number of nitrogen functional groups attached to an aromatic ring is 1. The van der Waals surface area contributed by atoms with Gasteiger partial charge in [-0.05, 0) is 46.0 Å². The molecule has 1 atom stereocenters. The Kier molecular flexibility index (Phi) is 10.6. The number of hydrogen-bond acceptors (Lipinski definition) is 3. The predicted octanol–water partition coefficient (Wildman–Crippen LogP) is 4.63. The molecule has 0 radical (unpaired) electrons. The first-order chi connectivity index (χ1) is 9.49. The van der Waals surface area contributed by atoms with Gasteiger partial charge in [0, 0.05) is 41.2 Å². The lowest BCUT2D eigenvalue weighted by atomic mass is 9.94. The van der Waals surface area contributed by atoms with Crippen LogP contribution in [-0.4, -0.2) is 31.1 Å². The van der Waals surface area contributed by atoms with Gasteiger partial charge in [-0.25, -0.2) is 0 Å². The Morgan fingerprint density at radius 3 is 2.32 bits per heavy atom. The average Bonchev–Trinajstić information content (AvgIpc) is 2.41. The Morgan fingerprint density at radius 1 is 1.18 bits per heavy atom. The van der Waals surface area contributed by atoms with Crippen LogP contribution in [0.5, 0.6) is 0 Å². The summed E-state index contributed by atoms with van der Waals surface area (Å²) in [6.45, 7) is 8.84. The van der Waals surface area contributed by atoms with Gasteiger partial charge in [0.2, 0.25) is 0 Å². The number of rotatable bonds is 4. The van der Waals surface area contributed by atoms with Gasteiger partial charge in [0.15, 0.2) is 0 Å². The molecule has 2 rings (SSSR count). The summed E-state index contributed by atoms with van der Waals surface area (Å²) in [7, 11) is 0. The van der Waals surface area contributed by atoms with E-state index < -0.39 is 0 Å². The van der Waals surface area contributed by atoms with Crippen molar-refractivity contribution in [3.63, 3.8) is 0 Å². The van der Waals surface area contributed by atoms with Gasteiger partial charge in [-0.15, -0.1) is 24.8 Å². The highest BCUT2D eigenvalue weighted by Crippen LogP contribution is 2.37. The van der Waals surface area contributed by atoms with Gasteiger partial charge in [0.05, 0.1) is 5.69 Å². The molecule has 7 heteroatoms. The third-order valence-electron chi connectivity index (χ3n) is 3.77. The predicted molar refractivity (Wildman–Crippen MR) is 107 cm³/mol. The molecule has 3 nitrogen and oxygen atoms in total. The van der Waals surface area contributed by atoms with Crippen LogP contribution in [0.3, 0.4) is 0 Å². The molecular formula is C15H25Br2Cl2N3. The van der Waals surface area contributed by atoms with Crippen molar-refractivity contribution >= 4 is 62.4 Å². The summed E-state index contributed by atoms with van der Waals surface area (Å²) in [6, 6.07) is 4.59. The Hall–Kier alpha value is 0.480. The molecule has 0 unspecified atom stereocenters. The van der Waals surface area contributed by atoms with Gasteiger partial charge in [-0.3, -0.25) is 4.90 Å². The smallest absolute Gasteiger partial charge is 0.0507 e. The Morgan fingerprint density at radius 2 is 1.77 bits per heavy atom. The second kappa shape index (κ2) is 10.4. The Bertz CT molecular complexity index is 466. The van der Waals surface area contributed by atoms with Gasteiger partial charge in [0.25, 0.3) is 0 Å². The summed E-state index contributed by atoms with van der Waals surface area (Å²) in [5.41, 5.74) is 8.44. The molecule has 0 bridgehead atoms. The lowest BCUT2D eigenvalue weighted by molar-refractivity contribution is 0.154. The van der Waals surface area contributed by atoms with E-state index in [0.717, 1.165) is 47.2 Å². The lowest BCUT2D eigenvalue weighted by Crippen LogP contribution is -2.45. The van der Waals surface area contributed by atoms with E-state index in [1.54, 1.807) is 0 Å². The van der Waals surface area contributed by atoms with Crippen LogP contribution in [0, 0.1) is 5.92 Å². The highest BCUT2D eigenvalue weighted by Gasteiger charge is 2.25. The van der Waals surface area contributed by atoms with Crippen LogP contribution < -0.4 is 11.1 Å². The van der Waals surface area contributed by atoms with E-state index in [4.69, 9.17) is 5.73 Å². The molecular weight excluding hydrogens is 453 g/mol. The number of hydrogen-bond donors (Lipinski definition) is 2. The van der Waals surface area contributed by atoms with E-state index in [-0.39, 0.29) is 24.8 Å². The van der Waals surface area contributed by atoms with Crippen molar-refractivity contribution in [3.05, 3.63) is 26.6 Å². The molecule has 128 valence electrons. The van der Waals surface area contributed by atoms with Crippen molar-refractivity contribution in [1.29, 1.82) is 0 Å². The van der Waals surface area contributed by atoms with Crippen molar-refractivity contribution in [3.8, 4) is 0 Å². The first-order valence-electron chi connectivity index (χ1n) is 7.18. The monoisotopic (exact) mass is 475 g/mol. The minimum Gasteiger partial charge on any atom is -0.398 e. The third-order valence-corrected chi connectivity index (χ3v) is 4.89. The minimum atomic E-state index is 0. The summed E-state index contributed by atoms with van der Waals surface area (Å²) < 4.78 is 2.06. The molecule has 0 aromatic heterocycles. The van der Waals surface area contributed by atoms with E-state index in [0.29, 0.717) is 12.0 Å². The maximum absolute atomic E-state index is 6.32. The van der Waals surface area contributed by atoms with E-state index in [1.807, 2.05) is 6.07 Å². The third kappa shape index (κ3) is 5.84. The molecule has 0 saturated carbocycles. The van der Waals surface area contributed by atoms with Crippen LogP contribution in [-0.2, 0) is 0 Å². The first kappa shape index (κ1) is 22.5. The van der Waals surface area contributed by atoms with Crippen LogP contribution in [0.15, 0.2) is 21.1 Å². The first-order valence-corrected chi connectivity index (χ1v) is 8.76. The van der Waals surface area contributed by atoms with Gasteiger partial charge in [-0.2, -0.15) is 0 Å². The largest absolute Gasteiger partial charge is 0.398 e. The van der Waals surface area contributed by atoms with Gasteiger partial charge < -0.3 is 11.1 Å². The Labute approximate surface area is 162 Å². The summed E-state index contributed by atoms with van der Waals surface area (Å²) in [5, 5.41) is 3.42. The SMILES string of the molecule is CC(C)C[C@@H](c1cc(Br)cc(Br)c1N)N1CCNCC1.Cl.Cl. The number of benzene rings is 1. The van der Waals surface area contributed by atoms with E-state index in [9.17, 15) is 0 Å². The summed E-state index contributed by atoms with van der Waals surface area (Å²) in [6.07, 6.45) is 1.13. The highest BCUT2D eigenvalue weighted by molar-refractivity contribution is 9.11. The van der Waals surface area contributed by atoms with Crippen molar-refractivity contribution in [2.45, 2.75) is 26.3 Å². The number of nitrogens with two attached hydrogens (primary N) is 1. The van der Waals surface area contributed by atoms with Gasteiger partial charge in [-0.1, -0.05) is 29.8 Å². The lowest BCUT2D eigenvalue weighted by Gasteiger charge is -2.37. The maximum Gasteiger partial charge on any atom is 0.0507 e. The number of halogens is 4. The summed E-state index contributed by atoms with van der Waals surface area (Å²) in [5.74, 6) is 0.645. The van der Waals surface area contributed by atoms with Crippen molar-refractivity contribution < 1.29 is 0 Å². The van der Waals surface area contributed by atoms with Gasteiger partial charge in [0.1, 0.15) is 0 Å². The number of piperazine rings is 1. The fourth-order valence-corrected chi connectivity index (χ4v) is 4.05. The molecule has 3 N–H and O–H groups in total. The normalized spacial score (nSPS) is 16.8. The number of anilines is 1. The molecule has 22 heavy (non-hydrogen) atoms. The quantitative estimate of drug-likeness (QED) is 0.621. The van der Waals surface area contributed by atoms with Crippen molar-refractivity contribution in [2.24, 2.45) is 5.92 Å². The minimum absolute atomic E-state index is 0. The molecule has 1 saturated heterocycles. The number of nitrogens with one attached hydrogen (secondary N) is 1. The molecule has 1 aromatic rings. The second-order valence-corrected chi connectivity index (χ2v) is 7.59. The van der Waals surface area contributed by atoms with Crippen LogP contribution in [0.4, 0.5) is 5.69 Å². The average molecular weight is 478 g/mol. The Balaban J connectivity index is 0.00000220. The fourth-order valence-electron chi connectivity index (χ4n) is 2.79. The second-order valence-electron chi connectivity index (χ2n) is 5.82. The van der Waals surface area contributed by atoms with Crippen molar-refractivity contribution in [2.75, 3.05) is 31.9 Å². The molecule has 1 heterocycles. The molecule has 0 aliphatic carbocycles. The van der Waals surface area contributed by atoms with Crippen LogP contribution in [0.25, 0.3) is 0 Å². The standard InChI is InChI=1S/C15H23Br2N3.2ClH/c1-10(2)7-14(20-5-3-19-4-6-20)12-8-11(16)9-13(17)15(12)18;;/h8-10,14,19H,3-7,18H2,1-2H3;2*1H/t14-;;/m0../s1. The molecule has 1 aliphatic rings. The van der Waals surface area contributed by atoms with Gasteiger partial charge >= 0.3 is 0 Å². The molecule has 1 aromatic carbocycles. The maximum atomic E-state index is 6.32. The summed E-state index contributed by atoms with van der Waals surface area (Å²) in [4.78, 5) is 2.56. The molecule has 1 aliphatic heterocycles. The summed E-state index contributed by atoms with van der Waals surface area (Å²) >= 11 is 7.16. The van der Waals surface area contributed by atoms with Crippen LogP contribution in [0.1, 0.15) is 31.9 Å². The van der Waals surface area contributed by atoms with Crippen LogP contribution in [0.2, 0.25) is 0 Å². The zero-order chi connectivity index (χ0) is 14.7. The fraction of sp³-hybridized carbons (Fsp3) is 0.600. The zero-order valence-electron chi connectivity index (χ0n) is 12.9. The highest BCUT2D eigenvalue weighted by atomic mass is 79.9. The molecule has 0 amide bonds. The van der Waals surface area contributed by atoms with E-state index in [1.165, 1.54) is 5.56 Å². The van der Waals surface area contributed by atoms with Crippen LogP contribution >= 0.6 is 56.7 Å². The van der Waals surface area contributed by atoms with E-state index >= 15 is 0 Å². The van der Waals surface area contributed by atoms with E-state index in [2.05, 4.69) is 62.0 Å².